The third-order valence-electron chi connectivity index (χ3n) is 11.3. The van der Waals surface area contributed by atoms with E-state index in [4.69, 9.17) is 0 Å². The summed E-state index contributed by atoms with van der Waals surface area (Å²) in [5.41, 5.74) is 1.73. The van der Waals surface area contributed by atoms with Gasteiger partial charge in [-0.3, -0.25) is 4.90 Å². The molecule has 2 saturated carbocycles. The van der Waals surface area contributed by atoms with Crippen molar-refractivity contribution < 1.29 is 36.6 Å². The molecule has 5 rings (SSSR count). The van der Waals surface area contributed by atoms with E-state index in [0.29, 0.717) is 30.1 Å². The minimum absolute atomic E-state index is 0.154. The van der Waals surface area contributed by atoms with E-state index in [9.17, 15) is 32.2 Å². The summed E-state index contributed by atoms with van der Waals surface area (Å²) in [6.07, 6.45) is 0.873. The summed E-state index contributed by atoms with van der Waals surface area (Å²) < 4.78 is 79.3. The van der Waals surface area contributed by atoms with Gasteiger partial charge >= 0.3 is 12.1 Å². The number of nitrogens with zero attached hydrogens (tertiary/aromatic N) is 1. The molecular formula is C33H47F6NO2S. The molecule has 1 aromatic rings. The number of likely N-dealkylation sites (tertiary alicyclic amines) is 1. The number of aromatic hydroxyl groups is 1. The highest BCUT2D eigenvalue weighted by Gasteiger charge is 2.60. The number of hydrogen-bond acceptors (Lipinski definition) is 4. The van der Waals surface area contributed by atoms with Gasteiger partial charge in [-0.15, -0.1) is 0 Å². The van der Waals surface area contributed by atoms with Crippen LogP contribution < -0.4 is 0 Å². The second kappa shape index (κ2) is 13.3. The zero-order valence-corrected chi connectivity index (χ0v) is 25.9. The Balaban J connectivity index is 1.10. The van der Waals surface area contributed by atoms with Gasteiger partial charge in [0.25, 0.3) is 0 Å². The first kappa shape index (κ1) is 33.2. The van der Waals surface area contributed by atoms with Crippen LogP contribution in [0.4, 0.5) is 26.3 Å². The Kier molecular flexibility index (Phi) is 10.3. The van der Waals surface area contributed by atoms with Crippen molar-refractivity contribution in [2.45, 2.75) is 120 Å². The molecule has 0 amide bonds. The molecule has 8 atom stereocenters. The number of halogens is 6. The van der Waals surface area contributed by atoms with E-state index >= 15 is 4.39 Å². The van der Waals surface area contributed by atoms with E-state index in [0.717, 1.165) is 87.8 Å². The van der Waals surface area contributed by atoms with Gasteiger partial charge in [0.15, 0.2) is 0 Å². The van der Waals surface area contributed by atoms with E-state index in [-0.39, 0.29) is 29.4 Å². The van der Waals surface area contributed by atoms with E-state index in [2.05, 4.69) is 11.8 Å². The molecule has 10 heteroatoms. The minimum atomic E-state index is -5.47. The number of unbranched alkanes of at least 4 members (excludes halogenated alkanes) is 2. The molecule has 2 N–H and O–H groups in total. The molecule has 4 aliphatic rings. The second-order valence-corrected chi connectivity index (χ2v) is 15.1. The van der Waals surface area contributed by atoms with Crippen molar-refractivity contribution in [3.63, 3.8) is 0 Å². The largest absolute Gasteiger partial charge is 0.508 e. The van der Waals surface area contributed by atoms with E-state index in [1.54, 1.807) is 6.07 Å². The summed E-state index contributed by atoms with van der Waals surface area (Å²) in [6.45, 7) is 4.03. The lowest BCUT2D eigenvalue weighted by atomic mass is 9.51. The summed E-state index contributed by atoms with van der Waals surface area (Å²) in [6, 6.07) is 5.75. The van der Waals surface area contributed by atoms with Crippen LogP contribution in [0.15, 0.2) is 18.2 Å². The fourth-order valence-corrected chi connectivity index (χ4v) is 10.2. The first-order valence-electron chi connectivity index (χ1n) is 16.2. The van der Waals surface area contributed by atoms with Crippen LogP contribution >= 0.6 is 11.8 Å². The number of aliphatic hydroxyl groups excluding tert-OH is 1. The van der Waals surface area contributed by atoms with Gasteiger partial charge in [0.1, 0.15) is 11.9 Å². The van der Waals surface area contributed by atoms with Crippen LogP contribution in [0.5, 0.6) is 5.75 Å². The van der Waals surface area contributed by atoms with Crippen molar-refractivity contribution >= 4 is 11.8 Å². The second-order valence-electron chi connectivity index (χ2n) is 13.9. The number of rotatable bonds is 12. The molecule has 3 fully saturated rings. The smallest absolute Gasteiger partial charge is 0.453 e. The zero-order chi connectivity index (χ0) is 31.0. The molecule has 244 valence electrons. The summed E-state index contributed by atoms with van der Waals surface area (Å²) in [4.78, 5) is 2.44. The SMILES string of the molecule is C[C@]12C[C@H](F)[C@@H]3c4ccc(O)cc4C[C@@H](CCCCCN4CCC[C@H]4CSCCCC(F)(F)C(F)(F)F)[C@H]3[C@@H]1CCC2O. The highest BCUT2D eigenvalue weighted by atomic mass is 32.2. The third-order valence-corrected chi connectivity index (χ3v) is 12.5. The zero-order valence-electron chi connectivity index (χ0n) is 25.1. The predicted octanol–water partition coefficient (Wildman–Crippen LogP) is 8.52. The van der Waals surface area contributed by atoms with Crippen molar-refractivity contribution in [3.8, 4) is 5.75 Å². The van der Waals surface area contributed by atoms with Gasteiger partial charge in [0, 0.05) is 24.1 Å². The van der Waals surface area contributed by atoms with E-state index < -0.39 is 30.8 Å². The maximum atomic E-state index is 16.0. The van der Waals surface area contributed by atoms with Crippen molar-refractivity contribution in [2.24, 2.45) is 23.2 Å². The maximum Gasteiger partial charge on any atom is 0.453 e. The molecule has 1 aliphatic heterocycles. The Morgan fingerprint density at radius 2 is 1.84 bits per heavy atom. The highest BCUT2D eigenvalue weighted by Crippen LogP contribution is 2.63. The maximum absolute atomic E-state index is 16.0. The Morgan fingerprint density at radius 1 is 1.05 bits per heavy atom. The Labute approximate surface area is 256 Å². The van der Waals surface area contributed by atoms with Gasteiger partial charge in [-0.05, 0) is 123 Å². The Morgan fingerprint density at radius 3 is 2.60 bits per heavy atom. The molecule has 0 spiro atoms. The first-order chi connectivity index (χ1) is 20.3. The first-order valence-corrected chi connectivity index (χ1v) is 17.4. The highest BCUT2D eigenvalue weighted by molar-refractivity contribution is 7.99. The fourth-order valence-electron chi connectivity index (χ4n) is 9.07. The van der Waals surface area contributed by atoms with Gasteiger partial charge in [-0.25, -0.2) is 4.39 Å². The fraction of sp³-hybridized carbons (Fsp3) is 0.818. The van der Waals surface area contributed by atoms with Crippen LogP contribution in [-0.4, -0.2) is 70.1 Å². The molecule has 43 heavy (non-hydrogen) atoms. The van der Waals surface area contributed by atoms with Gasteiger partial charge in [-0.1, -0.05) is 25.8 Å². The lowest BCUT2D eigenvalue weighted by Gasteiger charge is -2.54. The van der Waals surface area contributed by atoms with Crippen molar-refractivity contribution in [1.29, 1.82) is 0 Å². The van der Waals surface area contributed by atoms with E-state index in [1.807, 2.05) is 12.1 Å². The number of hydrogen-bond donors (Lipinski definition) is 2. The number of thioether (sulfide) groups is 1. The van der Waals surface area contributed by atoms with Crippen molar-refractivity contribution in [2.75, 3.05) is 24.6 Å². The van der Waals surface area contributed by atoms with Crippen LogP contribution in [0.25, 0.3) is 0 Å². The molecule has 3 aliphatic carbocycles. The average molecular weight is 636 g/mol. The molecule has 1 unspecified atom stereocenters. The van der Waals surface area contributed by atoms with Crippen LogP contribution in [0.3, 0.4) is 0 Å². The number of fused-ring (bicyclic) bond motifs is 5. The Bertz CT molecular complexity index is 1090. The molecule has 0 radical (unpaired) electrons. The molecule has 1 heterocycles. The summed E-state index contributed by atoms with van der Waals surface area (Å²) in [5, 5.41) is 21.0. The molecule has 0 aromatic heterocycles. The summed E-state index contributed by atoms with van der Waals surface area (Å²) in [5.74, 6) is -2.70. The standard InChI is InChI=1S/C33H47F6NO2S/c1-31-19-27(34)30-25-10-9-24(41)18-22(25)17-21(29(30)26(31)11-12-28(31)42)7-3-2-4-14-40-15-5-8-23(40)20-43-16-6-13-32(35,36)33(37,38)39/h9-10,18,21,23,26-30,41-42H,2-8,11-17,19-20H2,1H3/t21-,23+,26+,27+,28?,29+,30+,31+/m1/s1. The van der Waals surface area contributed by atoms with E-state index in [1.165, 1.54) is 11.8 Å². The van der Waals surface area contributed by atoms with Crippen LogP contribution in [0, 0.1) is 23.2 Å². The number of benzene rings is 1. The molecular weight excluding hydrogens is 588 g/mol. The van der Waals surface area contributed by atoms with Crippen LogP contribution in [0.1, 0.15) is 94.6 Å². The van der Waals surface area contributed by atoms with Crippen molar-refractivity contribution in [3.05, 3.63) is 29.3 Å². The molecule has 0 bridgehead atoms. The lowest BCUT2D eigenvalue weighted by molar-refractivity contribution is -0.284. The van der Waals surface area contributed by atoms with Crippen molar-refractivity contribution in [1.82, 2.24) is 4.90 Å². The molecule has 1 saturated heterocycles. The van der Waals surface area contributed by atoms with Gasteiger partial charge in [-0.2, -0.15) is 33.7 Å². The van der Waals surface area contributed by atoms with Gasteiger partial charge in [0.2, 0.25) is 0 Å². The monoisotopic (exact) mass is 635 g/mol. The summed E-state index contributed by atoms with van der Waals surface area (Å²) in [7, 11) is 0. The normalized spacial score (nSPS) is 34.7. The average Bonchev–Trinajstić information content (AvgIpc) is 3.50. The Hall–Kier alpha value is -1.13. The lowest BCUT2D eigenvalue weighted by Crippen LogP contribution is -2.51. The summed E-state index contributed by atoms with van der Waals surface area (Å²) >= 11 is 1.47. The van der Waals surface area contributed by atoms with Gasteiger partial charge < -0.3 is 10.2 Å². The number of aliphatic hydroxyl groups is 1. The molecule has 1 aromatic carbocycles. The topological polar surface area (TPSA) is 43.7 Å². The number of phenolic OH excluding ortho intramolecular Hbond substituents is 1. The van der Waals surface area contributed by atoms with Crippen LogP contribution in [-0.2, 0) is 6.42 Å². The number of phenols is 1. The molecule has 3 nitrogen and oxygen atoms in total. The predicted molar refractivity (Wildman–Crippen MR) is 159 cm³/mol. The number of alkyl halides is 6. The quantitative estimate of drug-likeness (QED) is 0.179. The van der Waals surface area contributed by atoms with Gasteiger partial charge in [0.05, 0.1) is 6.10 Å². The minimum Gasteiger partial charge on any atom is -0.508 e. The van der Waals surface area contributed by atoms with Crippen LogP contribution in [0.2, 0.25) is 0 Å². The third kappa shape index (κ3) is 7.01.